The van der Waals surface area contributed by atoms with E-state index in [-0.39, 0.29) is 30.2 Å². The summed E-state index contributed by atoms with van der Waals surface area (Å²) in [4.78, 5) is 29.4. The summed E-state index contributed by atoms with van der Waals surface area (Å²) in [5, 5.41) is 15.0. The van der Waals surface area contributed by atoms with Gasteiger partial charge in [0.05, 0.1) is 24.1 Å². The number of amides is 3. The van der Waals surface area contributed by atoms with Crippen LogP contribution in [0.2, 0.25) is 0 Å². The lowest BCUT2D eigenvalue weighted by Crippen LogP contribution is -2.39. The number of halogens is 3. The van der Waals surface area contributed by atoms with Crippen molar-refractivity contribution in [3.8, 4) is 0 Å². The summed E-state index contributed by atoms with van der Waals surface area (Å²) in [6.07, 6.45) is -3.90. The van der Waals surface area contributed by atoms with Crippen LogP contribution in [0.5, 0.6) is 0 Å². The molecule has 1 fully saturated rings. The molecule has 1 saturated heterocycles. The van der Waals surface area contributed by atoms with Gasteiger partial charge in [0.15, 0.2) is 0 Å². The number of alkyl halides is 3. The molecule has 206 valence electrons. The molecule has 0 aromatic heterocycles. The highest BCUT2D eigenvalue weighted by atomic mass is 19.4. The number of benzene rings is 3. The Bertz CT molecular complexity index is 1250. The van der Waals surface area contributed by atoms with E-state index < -0.39 is 17.8 Å². The molecule has 3 aromatic rings. The lowest BCUT2D eigenvalue weighted by molar-refractivity contribution is -0.137. The quantitative estimate of drug-likeness (QED) is 0.369. The highest BCUT2D eigenvalue weighted by Gasteiger charge is 2.30. The molecular weight excluding hydrogens is 509 g/mol. The molecule has 1 aliphatic rings. The summed E-state index contributed by atoms with van der Waals surface area (Å²) in [7, 11) is 1.79. The number of likely N-dealkylation sites (N-methyl/N-ethyl adjacent to an activating group) is 1. The molecule has 0 aliphatic carbocycles. The number of hydrogen-bond donors (Lipinski definition) is 3. The monoisotopic (exact) mass is 540 g/mol. The van der Waals surface area contributed by atoms with Gasteiger partial charge in [-0.15, -0.1) is 0 Å². The first kappa shape index (κ1) is 28.1. The minimum atomic E-state index is -4.45. The fourth-order valence-electron chi connectivity index (χ4n) is 4.56. The van der Waals surface area contributed by atoms with E-state index >= 15 is 0 Å². The fraction of sp³-hybridized carbons (Fsp3) is 0.310. The molecule has 3 amide bonds. The van der Waals surface area contributed by atoms with Gasteiger partial charge in [-0.3, -0.25) is 9.69 Å². The zero-order valence-electron chi connectivity index (χ0n) is 21.5. The van der Waals surface area contributed by atoms with Gasteiger partial charge < -0.3 is 20.6 Å². The maximum absolute atomic E-state index is 13.2. The van der Waals surface area contributed by atoms with E-state index in [9.17, 15) is 27.9 Å². The van der Waals surface area contributed by atoms with Crippen molar-refractivity contribution in [3.05, 3.63) is 95.6 Å². The SMILES string of the molecule is CN(C(=O)Cc1ccc(NC(=O)Nc2ccc(C(F)(F)F)cc2)cc1)[C@H](CN1CC[C@H](O)C1)c1ccccc1. The van der Waals surface area contributed by atoms with Crippen LogP contribution in [0.15, 0.2) is 78.9 Å². The number of aliphatic hydroxyl groups excluding tert-OH is 1. The molecule has 39 heavy (non-hydrogen) atoms. The Morgan fingerprint density at radius 2 is 1.56 bits per heavy atom. The molecule has 0 bridgehead atoms. The van der Waals surface area contributed by atoms with Crippen LogP contribution >= 0.6 is 0 Å². The van der Waals surface area contributed by atoms with Gasteiger partial charge in [0.25, 0.3) is 0 Å². The molecule has 0 saturated carbocycles. The van der Waals surface area contributed by atoms with Crippen molar-refractivity contribution >= 4 is 23.3 Å². The zero-order valence-corrected chi connectivity index (χ0v) is 21.5. The van der Waals surface area contributed by atoms with Crippen LogP contribution in [0.25, 0.3) is 0 Å². The van der Waals surface area contributed by atoms with Crippen molar-refractivity contribution in [2.75, 3.05) is 37.3 Å². The van der Waals surface area contributed by atoms with Gasteiger partial charge >= 0.3 is 12.2 Å². The van der Waals surface area contributed by atoms with Crippen LogP contribution < -0.4 is 10.6 Å². The summed E-state index contributed by atoms with van der Waals surface area (Å²) < 4.78 is 38.1. The number of carbonyl (C=O) groups is 2. The normalized spacial score (nSPS) is 16.5. The number of anilines is 2. The van der Waals surface area contributed by atoms with Crippen molar-refractivity contribution < 1.29 is 27.9 Å². The van der Waals surface area contributed by atoms with Crippen LogP contribution in [0.4, 0.5) is 29.3 Å². The van der Waals surface area contributed by atoms with E-state index in [2.05, 4.69) is 15.5 Å². The highest BCUT2D eigenvalue weighted by Crippen LogP contribution is 2.30. The van der Waals surface area contributed by atoms with Crippen LogP contribution in [0.3, 0.4) is 0 Å². The largest absolute Gasteiger partial charge is 0.416 e. The van der Waals surface area contributed by atoms with E-state index in [1.165, 1.54) is 12.1 Å². The van der Waals surface area contributed by atoms with Crippen molar-refractivity contribution in [1.29, 1.82) is 0 Å². The molecule has 3 aromatic carbocycles. The minimum Gasteiger partial charge on any atom is -0.392 e. The fourth-order valence-corrected chi connectivity index (χ4v) is 4.56. The van der Waals surface area contributed by atoms with Gasteiger partial charge in [-0.25, -0.2) is 4.79 Å². The summed E-state index contributed by atoms with van der Waals surface area (Å²) in [6, 6.07) is 20.0. The first-order valence-electron chi connectivity index (χ1n) is 12.6. The van der Waals surface area contributed by atoms with Gasteiger partial charge in [0.1, 0.15) is 0 Å². The lowest BCUT2D eigenvalue weighted by Gasteiger charge is -2.32. The molecule has 1 heterocycles. The summed E-state index contributed by atoms with van der Waals surface area (Å²) in [6.45, 7) is 2.00. The Kier molecular flexibility index (Phi) is 8.88. The van der Waals surface area contributed by atoms with Crippen molar-refractivity contribution in [3.63, 3.8) is 0 Å². The number of aliphatic hydroxyl groups is 1. The number of nitrogens with one attached hydrogen (secondary N) is 2. The van der Waals surface area contributed by atoms with Crippen LogP contribution in [0.1, 0.15) is 29.2 Å². The van der Waals surface area contributed by atoms with Crippen molar-refractivity contribution in [2.24, 2.45) is 0 Å². The Balaban J connectivity index is 1.34. The molecule has 7 nitrogen and oxygen atoms in total. The topological polar surface area (TPSA) is 84.9 Å². The van der Waals surface area contributed by atoms with Gasteiger partial charge in [-0.05, 0) is 53.9 Å². The maximum Gasteiger partial charge on any atom is 0.416 e. The number of carbonyl (C=O) groups excluding carboxylic acids is 2. The van der Waals surface area contributed by atoms with Crippen LogP contribution in [-0.4, -0.2) is 59.6 Å². The standard InChI is InChI=1S/C29H31F3N4O3/c1-35(26(21-5-3-2-4-6-21)19-36-16-15-25(37)18-36)27(38)17-20-7-11-23(12-8-20)33-28(39)34-24-13-9-22(10-14-24)29(30,31)32/h2-14,25-26,37H,15-19H2,1H3,(H2,33,34,39)/t25-,26+/m0/s1. The molecule has 2 atom stereocenters. The first-order chi connectivity index (χ1) is 18.6. The molecule has 4 rings (SSSR count). The Morgan fingerprint density at radius 3 is 2.10 bits per heavy atom. The third-order valence-corrected chi connectivity index (χ3v) is 6.76. The van der Waals surface area contributed by atoms with Gasteiger partial charge in [0.2, 0.25) is 5.91 Å². The van der Waals surface area contributed by atoms with Gasteiger partial charge in [-0.2, -0.15) is 13.2 Å². The van der Waals surface area contributed by atoms with Gasteiger partial charge in [0, 0.05) is 38.1 Å². The lowest BCUT2D eigenvalue weighted by atomic mass is 10.0. The highest BCUT2D eigenvalue weighted by molar-refractivity contribution is 5.99. The first-order valence-corrected chi connectivity index (χ1v) is 12.6. The van der Waals surface area contributed by atoms with E-state index in [0.29, 0.717) is 18.8 Å². The van der Waals surface area contributed by atoms with Gasteiger partial charge in [-0.1, -0.05) is 42.5 Å². The Morgan fingerprint density at radius 1 is 0.974 bits per heavy atom. The summed E-state index contributed by atoms with van der Waals surface area (Å²) >= 11 is 0. The molecule has 10 heteroatoms. The Hall–Kier alpha value is -3.89. The summed E-state index contributed by atoms with van der Waals surface area (Å²) in [5.74, 6) is -0.0654. The van der Waals surface area contributed by atoms with E-state index in [0.717, 1.165) is 36.2 Å². The number of hydrogen-bond acceptors (Lipinski definition) is 4. The molecule has 1 aliphatic heterocycles. The molecule has 3 N–H and O–H groups in total. The van der Waals surface area contributed by atoms with Crippen molar-refractivity contribution in [1.82, 2.24) is 9.80 Å². The minimum absolute atomic E-state index is 0.0654. The molecule has 0 radical (unpaired) electrons. The predicted octanol–water partition coefficient (Wildman–Crippen LogP) is 5.16. The molecule has 0 spiro atoms. The second-order valence-corrected chi connectivity index (χ2v) is 9.66. The number of rotatable bonds is 8. The zero-order chi connectivity index (χ0) is 28.0. The number of nitrogens with zero attached hydrogens (tertiary/aromatic N) is 2. The van der Waals surface area contributed by atoms with E-state index in [4.69, 9.17) is 0 Å². The number of β-amino-alcohol motifs (C(OH)–C–C–N with tert-alkyl or cyclic N) is 1. The maximum atomic E-state index is 13.2. The third-order valence-electron chi connectivity index (χ3n) is 6.76. The average Bonchev–Trinajstić information content (AvgIpc) is 3.32. The second kappa shape index (κ2) is 12.3. The smallest absolute Gasteiger partial charge is 0.392 e. The predicted molar refractivity (Wildman–Crippen MR) is 143 cm³/mol. The third kappa shape index (κ3) is 7.81. The van der Waals surface area contributed by atoms with E-state index in [1.54, 1.807) is 36.2 Å². The van der Waals surface area contributed by atoms with E-state index in [1.807, 2.05) is 30.3 Å². The number of likely N-dealkylation sites (tertiary alicyclic amines) is 1. The molecule has 0 unspecified atom stereocenters. The average molecular weight is 541 g/mol. The van der Waals surface area contributed by atoms with Crippen LogP contribution in [0, 0.1) is 0 Å². The molecular formula is C29H31F3N4O3. The second-order valence-electron chi connectivity index (χ2n) is 9.66. The Labute approximate surface area is 225 Å². The van der Waals surface area contributed by atoms with Crippen LogP contribution in [-0.2, 0) is 17.4 Å². The number of urea groups is 1. The summed E-state index contributed by atoms with van der Waals surface area (Å²) in [5.41, 5.74) is 1.69. The van der Waals surface area contributed by atoms with Crippen molar-refractivity contribution in [2.45, 2.75) is 31.2 Å².